The summed E-state index contributed by atoms with van der Waals surface area (Å²) in [6.45, 7) is 5.83. The van der Waals surface area contributed by atoms with Gasteiger partial charge in [0.1, 0.15) is 6.04 Å². The van der Waals surface area contributed by atoms with Crippen molar-refractivity contribution in [3.63, 3.8) is 0 Å². The quantitative estimate of drug-likeness (QED) is 0.543. The Hall–Kier alpha value is -3.24. The van der Waals surface area contributed by atoms with Crippen molar-refractivity contribution in [2.45, 2.75) is 31.7 Å². The average Bonchev–Trinajstić information content (AvgIpc) is 3.21. The van der Waals surface area contributed by atoms with E-state index >= 15 is 0 Å². The minimum absolute atomic E-state index is 0.0217. The molecule has 1 atom stereocenters. The third-order valence-corrected chi connectivity index (χ3v) is 7.06. The normalized spacial score (nSPS) is 12.6. The summed E-state index contributed by atoms with van der Waals surface area (Å²) in [5, 5.41) is 0. The summed E-state index contributed by atoms with van der Waals surface area (Å²) in [5.74, 6) is -1.06. The number of para-hydroxylation sites is 2. The van der Waals surface area contributed by atoms with E-state index in [1.54, 1.807) is 31.7 Å². The number of nitrogens with one attached hydrogen (secondary N) is 2. The first-order chi connectivity index (χ1) is 14.8. The number of hydrazine groups is 1. The zero-order valence-electron chi connectivity index (χ0n) is 17.6. The number of sulfonamides is 1. The molecule has 0 aliphatic carbocycles. The van der Waals surface area contributed by atoms with Crippen LogP contribution in [0.5, 0.6) is 0 Å². The summed E-state index contributed by atoms with van der Waals surface area (Å²) in [6, 6.07) is 12.5. The predicted octanol–water partition coefficient (Wildman–Crippen LogP) is 2.09. The monoisotopic (exact) mass is 443 g/mol. The van der Waals surface area contributed by atoms with Crippen molar-refractivity contribution in [2.75, 3.05) is 13.1 Å². The van der Waals surface area contributed by atoms with Crippen LogP contribution in [0.2, 0.25) is 0 Å². The zero-order valence-corrected chi connectivity index (χ0v) is 18.4. The molecule has 1 aromatic heterocycles. The number of hydrogen-bond acceptors (Lipinski definition) is 5. The number of imidazole rings is 1. The van der Waals surface area contributed by atoms with Crippen LogP contribution in [-0.4, -0.2) is 47.2 Å². The van der Waals surface area contributed by atoms with Gasteiger partial charge in [0, 0.05) is 18.7 Å². The number of fused-ring (bicyclic) bond motifs is 1. The van der Waals surface area contributed by atoms with E-state index in [-0.39, 0.29) is 10.5 Å². The molecule has 31 heavy (non-hydrogen) atoms. The Morgan fingerprint density at radius 3 is 2.48 bits per heavy atom. The van der Waals surface area contributed by atoms with Crippen LogP contribution in [-0.2, 0) is 14.8 Å². The van der Waals surface area contributed by atoms with Crippen molar-refractivity contribution < 1.29 is 18.0 Å². The minimum atomic E-state index is -3.70. The van der Waals surface area contributed by atoms with E-state index in [0.717, 1.165) is 11.0 Å². The molecule has 164 valence electrons. The Morgan fingerprint density at radius 1 is 1.06 bits per heavy atom. The number of rotatable bonds is 7. The van der Waals surface area contributed by atoms with Crippen LogP contribution >= 0.6 is 0 Å². The first kappa shape index (κ1) is 22.4. The second-order valence-corrected chi connectivity index (χ2v) is 8.81. The fourth-order valence-corrected chi connectivity index (χ4v) is 4.72. The van der Waals surface area contributed by atoms with Crippen molar-refractivity contribution in [1.82, 2.24) is 24.7 Å². The highest BCUT2D eigenvalue weighted by atomic mass is 32.2. The van der Waals surface area contributed by atoms with Crippen molar-refractivity contribution in [3.05, 3.63) is 60.4 Å². The number of aromatic nitrogens is 2. The summed E-state index contributed by atoms with van der Waals surface area (Å²) >= 11 is 0. The minimum Gasteiger partial charge on any atom is -0.318 e. The molecule has 10 heteroatoms. The Bertz CT molecular complexity index is 1200. The Morgan fingerprint density at radius 2 is 1.77 bits per heavy atom. The maximum absolute atomic E-state index is 12.7. The number of hydrogen-bond donors (Lipinski definition) is 2. The molecular formula is C21H25N5O4S. The van der Waals surface area contributed by atoms with E-state index in [1.807, 2.05) is 24.3 Å². The summed E-state index contributed by atoms with van der Waals surface area (Å²) in [5.41, 5.74) is 6.41. The summed E-state index contributed by atoms with van der Waals surface area (Å²) in [6.07, 6.45) is 1.57. The molecule has 3 rings (SSSR count). The van der Waals surface area contributed by atoms with Crippen LogP contribution in [0.15, 0.2) is 59.8 Å². The molecule has 1 heterocycles. The Kier molecular flexibility index (Phi) is 6.71. The number of benzene rings is 2. The lowest BCUT2D eigenvalue weighted by Crippen LogP contribution is -2.44. The van der Waals surface area contributed by atoms with Crippen molar-refractivity contribution in [1.29, 1.82) is 0 Å². The molecule has 0 spiro atoms. The second-order valence-electron chi connectivity index (χ2n) is 6.88. The summed E-state index contributed by atoms with van der Waals surface area (Å²) in [4.78, 5) is 29.3. The van der Waals surface area contributed by atoms with E-state index in [9.17, 15) is 18.0 Å². The van der Waals surface area contributed by atoms with Gasteiger partial charge in [-0.25, -0.2) is 13.4 Å². The molecule has 1 unspecified atom stereocenters. The molecule has 2 N–H and O–H groups in total. The third-order valence-electron chi connectivity index (χ3n) is 5.02. The van der Waals surface area contributed by atoms with Gasteiger partial charge in [0.15, 0.2) is 0 Å². The van der Waals surface area contributed by atoms with E-state index in [2.05, 4.69) is 15.8 Å². The predicted molar refractivity (Wildman–Crippen MR) is 117 cm³/mol. The number of carbonyl (C=O) groups is 2. The molecule has 0 aliphatic heterocycles. The second kappa shape index (κ2) is 9.27. The lowest BCUT2D eigenvalue weighted by atomic mass is 10.2. The lowest BCUT2D eigenvalue weighted by Gasteiger charge is -2.19. The van der Waals surface area contributed by atoms with E-state index in [0.29, 0.717) is 13.1 Å². The van der Waals surface area contributed by atoms with Crippen LogP contribution in [0.4, 0.5) is 0 Å². The van der Waals surface area contributed by atoms with Crippen LogP contribution < -0.4 is 10.9 Å². The summed E-state index contributed by atoms with van der Waals surface area (Å²) < 4.78 is 28.4. The highest BCUT2D eigenvalue weighted by Crippen LogP contribution is 2.18. The number of amides is 2. The SMILES string of the molecule is CCN(CC)S(=O)(=O)c1cccc(C(=O)NNC(=O)C(C)n2cnc3ccccc32)c1. The van der Waals surface area contributed by atoms with Gasteiger partial charge in [-0.3, -0.25) is 20.4 Å². The van der Waals surface area contributed by atoms with Gasteiger partial charge in [-0.15, -0.1) is 0 Å². The van der Waals surface area contributed by atoms with Crippen LogP contribution in [0.3, 0.4) is 0 Å². The van der Waals surface area contributed by atoms with E-state index < -0.39 is 27.9 Å². The van der Waals surface area contributed by atoms with E-state index in [1.165, 1.54) is 28.6 Å². The third kappa shape index (κ3) is 4.59. The van der Waals surface area contributed by atoms with Gasteiger partial charge >= 0.3 is 0 Å². The lowest BCUT2D eigenvalue weighted by molar-refractivity contribution is -0.124. The Balaban J connectivity index is 1.70. The van der Waals surface area contributed by atoms with Gasteiger partial charge < -0.3 is 4.57 Å². The van der Waals surface area contributed by atoms with Gasteiger partial charge in [-0.2, -0.15) is 4.31 Å². The van der Waals surface area contributed by atoms with Gasteiger partial charge in [0.05, 0.1) is 22.3 Å². The fourth-order valence-electron chi connectivity index (χ4n) is 3.22. The van der Waals surface area contributed by atoms with Gasteiger partial charge in [-0.1, -0.05) is 32.0 Å². The number of nitrogens with zero attached hydrogens (tertiary/aromatic N) is 3. The topological polar surface area (TPSA) is 113 Å². The molecule has 0 saturated heterocycles. The highest BCUT2D eigenvalue weighted by molar-refractivity contribution is 7.89. The van der Waals surface area contributed by atoms with Crippen molar-refractivity contribution in [3.8, 4) is 0 Å². The standard InChI is InChI=1S/C21H25N5O4S/c1-4-25(5-2)31(29,30)17-10-8-9-16(13-17)21(28)24-23-20(27)15(3)26-14-22-18-11-6-7-12-19(18)26/h6-15H,4-5H2,1-3H3,(H,23,27)(H,24,28). The highest BCUT2D eigenvalue weighted by Gasteiger charge is 2.23. The van der Waals surface area contributed by atoms with Crippen LogP contribution in [0.25, 0.3) is 11.0 Å². The molecule has 2 amide bonds. The fraction of sp³-hybridized carbons (Fsp3) is 0.286. The molecule has 0 bridgehead atoms. The molecule has 9 nitrogen and oxygen atoms in total. The van der Waals surface area contributed by atoms with Crippen LogP contribution in [0, 0.1) is 0 Å². The van der Waals surface area contributed by atoms with Gasteiger partial charge in [0.2, 0.25) is 10.0 Å². The number of carbonyl (C=O) groups excluding carboxylic acids is 2. The summed E-state index contributed by atoms with van der Waals surface area (Å²) in [7, 11) is -3.70. The average molecular weight is 444 g/mol. The largest absolute Gasteiger partial charge is 0.318 e. The molecule has 0 radical (unpaired) electrons. The van der Waals surface area contributed by atoms with Crippen molar-refractivity contribution >= 4 is 32.9 Å². The smallest absolute Gasteiger partial charge is 0.269 e. The van der Waals surface area contributed by atoms with Crippen LogP contribution in [0.1, 0.15) is 37.2 Å². The van der Waals surface area contributed by atoms with E-state index in [4.69, 9.17) is 0 Å². The maximum Gasteiger partial charge on any atom is 0.269 e. The molecule has 0 saturated carbocycles. The zero-order chi connectivity index (χ0) is 22.6. The first-order valence-corrected chi connectivity index (χ1v) is 11.4. The maximum atomic E-state index is 12.7. The van der Waals surface area contributed by atoms with Crippen molar-refractivity contribution in [2.24, 2.45) is 0 Å². The Labute approximate surface area is 181 Å². The van der Waals surface area contributed by atoms with Gasteiger partial charge in [-0.05, 0) is 37.3 Å². The molecule has 3 aromatic rings. The molecule has 0 aliphatic rings. The van der Waals surface area contributed by atoms with Gasteiger partial charge in [0.25, 0.3) is 11.8 Å². The molecule has 0 fully saturated rings. The molecule has 2 aromatic carbocycles. The molecular weight excluding hydrogens is 418 g/mol. The first-order valence-electron chi connectivity index (χ1n) is 9.91.